The summed E-state index contributed by atoms with van der Waals surface area (Å²) in [5.74, 6) is -0.230. The lowest BCUT2D eigenvalue weighted by Crippen LogP contribution is -2.23. The third-order valence-corrected chi connectivity index (χ3v) is 3.04. The van der Waals surface area contributed by atoms with Crippen LogP contribution in [0.3, 0.4) is 0 Å². The third-order valence-electron chi connectivity index (χ3n) is 1.94. The summed E-state index contributed by atoms with van der Waals surface area (Å²) in [6.07, 6.45) is 3.79. The zero-order valence-electron chi connectivity index (χ0n) is 8.82. The minimum Gasteiger partial charge on any atom is -0.511 e. The lowest BCUT2D eigenvalue weighted by Gasteiger charge is -2.06. The van der Waals surface area contributed by atoms with Gasteiger partial charge < -0.3 is 4.43 Å². The summed E-state index contributed by atoms with van der Waals surface area (Å²) in [4.78, 5) is 10.7. The van der Waals surface area contributed by atoms with Crippen LogP contribution >= 0.6 is 0 Å². The van der Waals surface area contributed by atoms with E-state index < -0.39 is 0 Å². The summed E-state index contributed by atoms with van der Waals surface area (Å²) in [6.45, 7) is 5.13. The number of aryl methyl sites for hydroxylation is 1. The molecule has 1 aromatic carbocycles. The fourth-order valence-electron chi connectivity index (χ4n) is 1.22. The second-order valence-electron chi connectivity index (χ2n) is 3.18. The van der Waals surface area contributed by atoms with Crippen molar-refractivity contribution < 1.29 is 9.22 Å². The number of benzene rings is 1. The number of carbonyl (C=O) groups is 1. The fourth-order valence-corrected chi connectivity index (χ4v) is 1.98. The quantitative estimate of drug-likeness (QED) is 0.554. The Morgan fingerprint density at radius 2 is 2.27 bits per heavy atom. The predicted molar refractivity (Wildman–Crippen MR) is 62.1 cm³/mol. The van der Waals surface area contributed by atoms with Crippen LogP contribution < -0.4 is 5.19 Å². The molecule has 0 amide bonds. The maximum atomic E-state index is 10.7. The topological polar surface area (TPSA) is 26.3 Å². The van der Waals surface area contributed by atoms with Crippen molar-refractivity contribution in [1.29, 1.82) is 0 Å². The summed E-state index contributed by atoms with van der Waals surface area (Å²) < 4.78 is 5.01. The van der Waals surface area contributed by atoms with E-state index in [1.54, 1.807) is 0 Å². The van der Waals surface area contributed by atoms with Gasteiger partial charge in [0.25, 0.3) is 5.97 Å². The Morgan fingerprint density at radius 3 is 2.93 bits per heavy atom. The van der Waals surface area contributed by atoms with Crippen LogP contribution in [-0.4, -0.2) is 15.7 Å². The molecule has 0 unspecified atom stereocenters. The molecular weight excluding hydrogens is 204 g/mol. The average Bonchev–Trinajstić information content (AvgIpc) is 2.24. The standard InChI is InChI=1S/C12H14O2Si/c1-3-4-7-11-8-5-6-9-12(11)15-14-10(2)13/h3,5-6,8-9H,1,4,7H2,2H3. The van der Waals surface area contributed by atoms with Crippen LogP contribution in [0.1, 0.15) is 18.9 Å². The Balaban J connectivity index is 2.67. The van der Waals surface area contributed by atoms with Crippen LogP contribution in [0.2, 0.25) is 0 Å². The lowest BCUT2D eigenvalue weighted by molar-refractivity contribution is -0.131. The molecule has 0 saturated carbocycles. The maximum Gasteiger partial charge on any atom is 0.355 e. The first-order valence-corrected chi connectivity index (χ1v) is 5.77. The number of hydrogen-bond acceptors (Lipinski definition) is 2. The number of rotatable bonds is 5. The second-order valence-corrected chi connectivity index (χ2v) is 4.13. The van der Waals surface area contributed by atoms with Gasteiger partial charge in [-0.15, -0.1) is 6.58 Å². The van der Waals surface area contributed by atoms with Gasteiger partial charge in [-0.3, -0.25) is 4.79 Å². The number of carbonyl (C=O) groups excluding carboxylic acids is 1. The van der Waals surface area contributed by atoms with E-state index in [-0.39, 0.29) is 15.7 Å². The van der Waals surface area contributed by atoms with Gasteiger partial charge in [-0.2, -0.15) is 0 Å². The molecule has 3 heteroatoms. The van der Waals surface area contributed by atoms with E-state index in [4.69, 9.17) is 4.43 Å². The molecular formula is C12H14O2Si. The first kappa shape index (κ1) is 11.7. The molecule has 0 bridgehead atoms. The van der Waals surface area contributed by atoms with E-state index in [0.717, 1.165) is 18.0 Å². The normalized spacial score (nSPS) is 9.67. The van der Waals surface area contributed by atoms with Crippen molar-refractivity contribution >= 4 is 20.9 Å². The first-order valence-electron chi connectivity index (χ1n) is 4.86. The van der Waals surface area contributed by atoms with Gasteiger partial charge in [0.2, 0.25) is 0 Å². The molecule has 0 aromatic heterocycles. The molecule has 0 aliphatic rings. The first-order chi connectivity index (χ1) is 7.24. The highest BCUT2D eigenvalue weighted by Crippen LogP contribution is 2.00. The molecule has 1 aromatic rings. The minimum absolute atomic E-state index is 0.111. The largest absolute Gasteiger partial charge is 0.511 e. The molecule has 0 fully saturated rings. The molecule has 0 saturated heterocycles. The second kappa shape index (κ2) is 6.19. The summed E-state index contributed by atoms with van der Waals surface area (Å²) >= 11 is 0. The van der Waals surface area contributed by atoms with E-state index >= 15 is 0 Å². The van der Waals surface area contributed by atoms with Crippen molar-refractivity contribution in [3.05, 3.63) is 42.5 Å². The molecule has 0 heterocycles. The zero-order valence-corrected chi connectivity index (χ0v) is 9.82. The average molecular weight is 218 g/mol. The van der Waals surface area contributed by atoms with Crippen molar-refractivity contribution in [2.45, 2.75) is 19.8 Å². The Labute approximate surface area is 92.9 Å². The molecule has 0 aliphatic heterocycles. The molecule has 0 spiro atoms. The van der Waals surface area contributed by atoms with E-state index in [9.17, 15) is 4.79 Å². The smallest absolute Gasteiger partial charge is 0.355 e. The van der Waals surface area contributed by atoms with Crippen LogP contribution in [0.25, 0.3) is 0 Å². The molecule has 2 radical (unpaired) electrons. The monoisotopic (exact) mass is 218 g/mol. The van der Waals surface area contributed by atoms with E-state index in [0.29, 0.717) is 0 Å². The van der Waals surface area contributed by atoms with E-state index in [1.807, 2.05) is 24.3 Å². The van der Waals surface area contributed by atoms with Crippen LogP contribution in [0, 0.1) is 0 Å². The van der Waals surface area contributed by atoms with Gasteiger partial charge in [0, 0.05) is 6.92 Å². The fraction of sp³-hybridized carbons (Fsp3) is 0.250. The van der Waals surface area contributed by atoms with Crippen molar-refractivity contribution in [3.8, 4) is 0 Å². The summed E-state index contributed by atoms with van der Waals surface area (Å²) in [5.41, 5.74) is 1.23. The van der Waals surface area contributed by atoms with E-state index in [2.05, 4.69) is 12.6 Å². The molecule has 0 aliphatic carbocycles. The SMILES string of the molecule is C=CCCc1ccccc1[Si]OC(C)=O. The molecule has 78 valence electrons. The highest BCUT2D eigenvalue weighted by atomic mass is 28.2. The van der Waals surface area contributed by atoms with E-state index in [1.165, 1.54) is 12.5 Å². The maximum absolute atomic E-state index is 10.7. The van der Waals surface area contributed by atoms with Crippen molar-refractivity contribution in [2.75, 3.05) is 0 Å². The zero-order chi connectivity index (χ0) is 11.1. The predicted octanol–water partition coefficient (Wildman–Crippen LogP) is 1.61. The molecule has 1 rings (SSSR count). The Morgan fingerprint density at radius 1 is 1.53 bits per heavy atom. The van der Waals surface area contributed by atoms with Crippen molar-refractivity contribution in [1.82, 2.24) is 0 Å². The molecule has 2 nitrogen and oxygen atoms in total. The van der Waals surface area contributed by atoms with Crippen LogP contribution in [-0.2, 0) is 15.6 Å². The van der Waals surface area contributed by atoms with Gasteiger partial charge in [-0.05, 0) is 23.6 Å². The highest BCUT2D eigenvalue weighted by molar-refractivity contribution is 6.49. The third kappa shape index (κ3) is 4.12. The summed E-state index contributed by atoms with van der Waals surface area (Å²) in [7, 11) is 0.111. The molecule has 0 atom stereocenters. The molecule has 15 heavy (non-hydrogen) atoms. The minimum atomic E-state index is -0.230. The Bertz CT molecular complexity index is 347. The van der Waals surface area contributed by atoms with Gasteiger partial charge >= 0.3 is 9.76 Å². The highest BCUT2D eigenvalue weighted by Gasteiger charge is 2.05. The van der Waals surface area contributed by atoms with Crippen LogP contribution in [0.5, 0.6) is 0 Å². The van der Waals surface area contributed by atoms with Gasteiger partial charge in [-0.25, -0.2) is 0 Å². The van der Waals surface area contributed by atoms with Gasteiger partial charge in [-0.1, -0.05) is 30.3 Å². The van der Waals surface area contributed by atoms with Crippen LogP contribution in [0.15, 0.2) is 36.9 Å². The van der Waals surface area contributed by atoms with Gasteiger partial charge in [0.05, 0.1) is 0 Å². The Hall–Kier alpha value is -1.35. The van der Waals surface area contributed by atoms with Crippen LogP contribution in [0.4, 0.5) is 0 Å². The molecule has 0 N–H and O–H groups in total. The van der Waals surface area contributed by atoms with Gasteiger partial charge in [0.1, 0.15) is 0 Å². The Kier molecular flexibility index (Phi) is 4.84. The summed E-state index contributed by atoms with van der Waals surface area (Å²) in [6, 6.07) is 8.03. The van der Waals surface area contributed by atoms with Crippen molar-refractivity contribution in [3.63, 3.8) is 0 Å². The summed E-state index contributed by atoms with van der Waals surface area (Å²) in [5, 5.41) is 1.11. The van der Waals surface area contributed by atoms with Gasteiger partial charge in [0.15, 0.2) is 0 Å². The lowest BCUT2D eigenvalue weighted by atomic mass is 10.1. The number of hydrogen-bond donors (Lipinski definition) is 0. The number of allylic oxidation sites excluding steroid dienone is 1. The van der Waals surface area contributed by atoms with Crippen molar-refractivity contribution in [2.24, 2.45) is 0 Å².